The molecule has 1 aromatic heterocycles. The molecule has 1 atom stereocenters. The van der Waals surface area contributed by atoms with Gasteiger partial charge in [-0.1, -0.05) is 24.4 Å². The summed E-state index contributed by atoms with van der Waals surface area (Å²) in [5, 5.41) is 2.87. The first-order valence-corrected chi connectivity index (χ1v) is 6.03. The fraction of sp³-hybridized carbons (Fsp3) is 0.600. The summed E-state index contributed by atoms with van der Waals surface area (Å²) in [6.45, 7) is 0. The summed E-state index contributed by atoms with van der Waals surface area (Å²) in [5.74, 6) is 0.663. The van der Waals surface area contributed by atoms with Crippen LogP contribution < -0.4 is 5.73 Å². The van der Waals surface area contributed by atoms with Crippen LogP contribution in [0.25, 0.3) is 0 Å². The van der Waals surface area contributed by atoms with Crippen molar-refractivity contribution in [3.05, 3.63) is 21.3 Å². The van der Waals surface area contributed by atoms with E-state index in [2.05, 4.69) is 0 Å². The Kier molecular flexibility index (Phi) is 4.71. The van der Waals surface area contributed by atoms with Crippen LogP contribution in [0.2, 0.25) is 5.02 Å². The lowest BCUT2D eigenvalue weighted by atomic mass is 9.98. The van der Waals surface area contributed by atoms with Gasteiger partial charge in [-0.25, -0.2) is 0 Å². The van der Waals surface area contributed by atoms with Gasteiger partial charge in [0, 0.05) is 10.9 Å². The smallest absolute Gasteiger partial charge is 0.0561 e. The van der Waals surface area contributed by atoms with Gasteiger partial charge < -0.3 is 5.73 Å². The summed E-state index contributed by atoms with van der Waals surface area (Å²) in [5.41, 5.74) is 6.17. The highest BCUT2D eigenvalue weighted by Gasteiger charge is 2.25. The van der Waals surface area contributed by atoms with Crippen LogP contribution in [0.15, 0.2) is 11.4 Å². The maximum atomic E-state index is 6.17. The summed E-state index contributed by atoms with van der Waals surface area (Å²) in [7, 11) is 0. The van der Waals surface area contributed by atoms with Crippen molar-refractivity contribution in [3.8, 4) is 0 Å². The van der Waals surface area contributed by atoms with Crippen molar-refractivity contribution in [1.29, 1.82) is 0 Å². The Morgan fingerprint density at radius 1 is 1.43 bits per heavy atom. The van der Waals surface area contributed by atoms with E-state index in [-0.39, 0.29) is 18.4 Å². The molecule has 0 amide bonds. The predicted molar refractivity (Wildman–Crippen MR) is 65.5 cm³/mol. The average Bonchev–Trinajstić information content (AvgIpc) is 2.72. The van der Waals surface area contributed by atoms with Gasteiger partial charge in [0.1, 0.15) is 0 Å². The number of thiophene rings is 1. The molecule has 0 radical (unpaired) electrons. The third-order valence-electron chi connectivity index (χ3n) is 2.86. The van der Waals surface area contributed by atoms with Crippen LogP contribution in [0.5, 0.6) is 0 Å². The van der Waals surface area contributed by atoms with Crippen LogP contribution in [0.3, 0.4) is 0 Å². The molecule has 0 unspecified atom stereocenters. The van der Waals surface area contributed by atoms with E-state index in [9.17, 15) is 0 Å². The lowest BCUT2D eigenvalue weighted by molar-refractivity contribution is 0.450. The van der Waals surface area contributed by atoms with Crippen molar-refractivity contribution in [3.63, 3.8) is 0 Å². The van der Waals surface area contributed by atoms with Crippen LogP contribution in [-0.4, -0.2) is 0 Å². The molecule has 2 rings (SSSR count). The summed E-state index contributed by atoms with van der Waals surface area (Å²) in [6.07, 6.45) is 5.22. The van der Waals surface area contributed by atoms with Gasteiger partial charge in [0.15, 0.2) is 0 Å². The van der Waals surface area contributed by atoms with Crippen LogP contribution in [0.4, 0.5) is 0 Å². The minimum atomic E-state index is 0. The standard InChI is InChI=1S/C10H14ClNS.ClH/c11-8-5-6-13-10(8)9(12)7-3-1-2-4-7;/h5-7,9H,1-4,12H2;1H/t9-;/m1./s1. The quantitative estimate of drug-likeness (QED) is 0.845. The maximum absolute atomic E-state index is 6.17. The van der Waals surface area contributed by atoms with Gasteiger partial charge in [0.05, 0.1) is 5.02 Å². The van der Waals surface area contributed by atoms with Gasteiger partial charge in [-0.2, -0.15) is 0 Å². The molecule has 0 aliphatic heterocycles. The van der Waals surface area contributed by atoms with Crippen molar-refractivity contribution < 1.29 is 0 Å². The molecule has 0 aromatic carbocycles. The van der Waals surface area contributed by atoms with E-state index in [1.807, 2.05) is 11.4 Å². The van der Waals surface area contributed by atoms with Crippen molar-refractivity contribution in [2.75, 3.05) is 0 Å². The van der Waals surface area contributed by atoms with Gasteiger partial charge in [0.2, 0.25) is 0 Å². The van der Waals surface area contributed by atoms with Crippen LogP contribution in [0, 0.1) is 5.92 Å². The first-order valence-electron chi connectivity index (χ1n) is 4.77. The number of halogens is 2. The van der Waals surface area contributed by atoms with E-state index in [0.29, 0.717) is 5.92 Å². The maximum Gasteiger partial charge on any atom is 0.0561 e. The molecule has 1 heterocycles. The lowest BCUT2D eigenvalue weighted by Crippen LogP contribution is -2.18. The number of rotatable bonds is 2. The van der Waals surface area contributed by atoms with Crippen LogP contribution in [-0.2, 0) is 0 Å². The minimum Gasteiger partial charge on any atom is -0.323 e. The van der Waals surface area contributed by atoms with E-state index >= 15 is 0 Å². The van der Waals surface area contributed by atoms with Crippen LogP contribution >= 0.6 is 35.3 Å². The summed E-state index contributed by atoms with van der Waals surface area (Å²) >= 11 is 7.73. The Hall–Kier alpha value is 0.240. The third kappa shape index (κ3) is 2.43. The normalized spacial score (nSPS) is 19.3. The summed E-state index contributed by atoms with van der Waals surface area (Å²) < 4.78 is 0. The monoisotopic (exact) mass is 251 g/mol. The fourth-order valence-corrected chi connectivity index (χ4v) is 3.35. The Morgan fingerprint density at radius 3 is 2.57 bits per heavy atom. The molecule has 2 N–H and O–H groups in total. The molecule has 80 valence electrons. The molecule has 1 aromatic rings. The zero-order chi connectivity index (χ0) is 9.26. The largest absolute Gasteiger partial charge is 0.323 e. The van der Waals surface area contributed by atoms with Gasteiger partial charge >= 0.3 is 0 Å². The number of hydrogen-bond donors (Lipinski definition) is 1. The highest BCUT2D eigenvalue weighted by Crippen LogP contribution is 2.38. The molecule has 0 bridgehead atoms. The Balaban J connectivity index is 0.000000980. The second kappa shape index (κ2) is 5.36. The summed E-state index contributed by atoms with van der Waals surface area (Å²) in [4.78, 5) is 1.17. The first-order chi connectivity index (χ1) is 6.29. The molecule has 1 nitrogen and oxygen atoms in total. The molecule has 0 saturated heterocycles. The van der Waals surface area contributed by atoms with Crippen molar-refractivity contribution in [1.82, 2.24) is 0 Å². The molecule has 0 spiro atoms. The molecular formula is C10H15Cl2NS. The summed E-state index contributed by atoms with van der Waals surface area (Å²) in [6, 6.07) is 2.12. The second-order valence-electron chi connectivity index (χ2n) is 3.70. The third-order valence-corrected chi connectivity index (χ3v) is 4.32. The van der Waals surface area contributed by atoms with Gasteiger partial charge in [0.25, 0.3) is 0 Å². The number of hydrogen-bond acceptors (Lipinski definition) is 2. The topological polar surface area (TPSA) is 26.0 Å². The minimum absolute atomic E-state index is 0. The zero-order valence-corrected chi connectivity index (χ0v) is 10.3. The first kappa shape index (κ1) is 12.3. The molecule has 1 saturated carbocycles. The van der Waals surface area contributed by atoms with E-state index < -0.39 is 0 Å². The van der Waals surface area contributed by atoms with E-state index in [0.717, 1.165) is 5.02 Å². The van der Waals surface area contributed by atoms with Gasteiger partial charge in [-0.05, 0) is 30.2 Å². The fourth-order valence-electron chi connectivity index (χ4n) is 2.07. The lowest BCUT2D eigenvalue weighted by Gasteiger charge is -2.17. The van der Waals surface area contributed by atoms with E-state index in [1.54, 1.807) is 11.3 Å². The number of nitrogens with two attached hydrogens (primary N) is 1. The molecule has 1 aliphatic carbocycles. The Morgan fingerprint density at radius 2 is 2.07 bits per heavy atom. The predicted octanol–water partition coefficient (Wildman–Crippen LogP) is 4.01. The molecule has 1 fully saturated rings. The highest BCUT2D eigenvalue weighted by molar-refractivity contribution is 7.10. The zero-order valence-electron chi connectivity index (χ0n) is 7.91. The van der Waals surface area contributed by atoms with Crippen LogP contribution in [0.1, 0.15) is 36.6 Å². The van der Waals surface area contributed by atoms with E-state index in [1.165, 1.54) is 30.6 Å². The van der Waals surface area contributed by atoms with Crippen molar-refractivity contribution in [2.45, 2.75) is 31.7 Å². The molecule has 4 heteroatoms. The molecular weight excluding hydrogens is 237 g/mol. The van der Waals surface area contributed by atoms with E-state index in [4.69, 9.17) is 17.3 Å². The van der Waals surface area contributed by atoms with Crippen molar-refractivity contribution >= 4 is 35.3 Å². The molecule has 14 heavy (non-hydrogen) atoms. The average molecular weight is 252 g/mol. The molecule has 1 aliphatic rings. The van der Waals surface area contributed by atoms with Crippen molar-refractivity contribution in [2.24, 2.45) is 11.7 Å². The van der Waals surface area contributed by atoms with Gasteiger partial charge in [-0.3, -0.25) is 0 Å². The Bertz CT molecular complexity index is 281. The Labute approximate surface area is 100 Å². The highest BCUT2D eigenvalue weighted by atomic mass is 35.5. The second-order valence-corrected chi connectivity index (χ2v) is 5.06. The van der Waals surface area contributed by atoms with Gasteiger partial charge in [-0.15, -0.1) is 23.7 Å². The SMILES string of the molecule is Cl.N[C@@H](c1sccc1Cl)C1CCCC1.